The number of rotatable bonds is 2. The van der Waals surface area contributed by atoms with Gasteiger partial charge in [0.2, 0.25) is 0 Å². The van der Waals surface area contributed by atoms with Crippen molar-refractivity contribution in [1.29, 1.82) is 0 Å². The molecule has 1 saturated carbocycles. The Hall–Kier alpha value is -0.570. The van der Waals surface area contributed by atoms with Crippen molar-refractivity contribution in [3.63, 3.8) is 0 Å². The molecule has 0 saturated heterocycles. The zero-order chi connectivity index (χ0) is 9.26. The Balaban J connectivity index is 1.91. The molecule has 74 valence electrons. The van der Waals surface area contributed by atoms with Gasteiger partial charge < -0.3 is 5.73 Å². The molecule has 1 aliphatic heterocycles. The van der Waals surface area contributed by atoms with Gasteiger partial charge in [0, 0.05) is 19.2 Å². The van der Waals surface area contributed by atoms with Gasteiger partial charge in [0.1, 0.15) is 0 Å². The molecule has 3 atom stereocenters. The molecule has 0 radical (unpaired) electrons. The van der Waals surface area contributed by atoms with Gasteiger partial charge in [-0.25, -0.2) is 0 Å². The maximum atomic E-state index is 5.58. The van der Waals surface area contributed by atoms with Crippen LogP contribution in [0.3, 0.4) is 0 Å². The second-order valence-corrected chi connectivity index (χ2v) is 4.33. The van der Waals surface area contributed by atoms with Crippen molar-refractivity contribution in [2.24, 2.45) is 22.7 Å². The van der Waals surface area contributed by atoms with Crippen molar-refractivity contribution in [2.75, 3.05) is 13.6 Å². The van der Waals surface area contributed by atoms with Crippen LogP contribution in [0.15, 0.2) is 5.10 Å². The molecule has 0 spiro atoms. The lowest BCUT2D eigenvalue weighted by atomic mass is 9.77. The van der Waals surface area contributed by atoms with Crippen LogP contribution in [-0.2, 0) is 0 Å². The second-order valence-electron chi connectivity index (χ2n) is 4.33. The zero-order valence-electron chi connectivity index (χ0n) is 8.32. The highest BCUT2D eigenvalue weighted by Crippen LogP contribution is 2.35. The summed E-state index contributed by atoms with van der Waals surface area (Å²) in [5.74, 6) is 1.56. The third kappa shape index (κ3) is 1.70. The summed E-state index contributed by atoms with van der Waals surface area (Å²) in [5, 5.41) is 6.48. The molecule has 2 aliphatic rings. The van der Waals surface area contributed by atoms with Gasteiger partial charge in [0.25, 0.3) is 0 Å². The summed E-state index contributed by atoms with van der Waals surface area (Å²) in [4.78, 5) is 0. The van der Waals surface area contributed by atoms with E-state index >= 15 is 0 Å². The van der Waals surface area contributed by atoms with Gasteiger partial charge in [0.15, 0.2) is 0 Å². The highest BCUT2D eigenvalue weighted by molar-refractivity contribution is 5.63. The average molecular weight is 181 g/mol. The summed E-state index contributed by atoms with van der Waals surface area (Å²) in [6.45, 7) is 0.842. The first-order valence-corrected chi connectivity index (χ1v) is 5.28. The molecule has 0 bridgehead atoms. The number of hydrazone groups is 1. The second kappa shape index (κ2) is 3.66. The molecule has 0 aromatic rings. The van der Waals surface area contributed by atoms with Crippen LogP contribution in [0.4, 0.5) is 0 Å². The first kappa shape index (κ1) is 9.00. The third-order valence-electron chi connectivity index (χ3n) is 3.47. The molecule has 1 heterocycles. The Morgan fingerprint density at radius 2 is 2.38 bits per heavy atom. The number of nitrogens with two attached hydrogens (primary N) is 1. The summed E-state index contributed by atoms with van der Waals surface area (Å²) in [5.41, 5.74) is 5.58. The highest BCUT2D eigenvalue weighted by atomic mass is 15.5. The van der Waals surface area contributed by atoms with Crippen LogP contribution in [0.1, 0.15) is 25.7 Å². The van der Waals surface area contributed by atoms with Crippen LogP contribution in [0.2, 0.25) is 0 Å². The van der Waals surface area contributed by atoms with Gasteiger partial charge in [0.05, 0.1) is 6.04 Å². The molecule has 13 heavy (non-hydrogen) atoms. The Kier molecular flexibility index (Phi) is 2.54. The minimum absolute atomic E-state index is 0.689. The fourth-order valence-electron chi connectivity index (χ4n) is 2.68. The van der Waals surface area contributed by atoms with Crippen LogP contribution in [0.5, 0.6) is 0 Å². The average Bonchev–Trinajstić information content (AvgIpc) is 2.48. The van der Waals surface area contributed by atoms with Gasteiger partial charge in [-0.2, -0.15) is 5.10 Å². The van der Waals surface area contributed by atoms with E-state index in [9.17, 15) is 0 Å². The first-order chi connectivity index (χ1) is 6.31. The molecule has 1 aliphatic carbocycles. The molecule has 2 N–H and O–H groups in total. The number of hydrogen-bond acceptors (Lipinski definition) is 3. The monoisotopic (exact) mass is 181 g/mol. The SMILES string of the molecule is CN1N=CC2CC(CCN)CCC21. The van der Waals surface area contributed by atoms with Crippen LogP contribution in [0, 0.1) is 11.8 Å². The molecule has 0 aromatic heterocycles. The maximum Gasteiger partial charge on any atom is 0.0545 e. The Bertz CT molecular complexity index is 202. The van der Waals surface area contributed by atoms with E-state index in [2.05, 4.69) is 23.4 Å². The Morgan fingerprint density at radius 3 is 3.15 bits per heavy atom. The molecular weight excluding hydrogens is 162 g/mol. The number of hydrogen-bond donors (Lipinski definition) is 1. The van der Waals surface area contributed by atoms with E-state index in [0.29, 0.717) is 12.0 Å². The molecular formula is C10H19N3. The highest BCUT2D eigenvalue weighted by Gasteiger charge is 2.34. The number of fused-ring (bicyclic) bond motifs is 1. The van der Waals surface area contributed by atoms with E-state index in [1.54, 1.807) is 0 Å². The maximum absolute atomic E-state index is 5.58. The van der Waals surface area contributed by atoms with E-state index in [1.165, 1.54) is 25.7 Å². The van der Waals surface area contributed by atoms with Crippen LogP contribution >= 0.6 is 0 Å². The fourth-order valence-corrected chi connectivity index (χ4v) is 2.68. The lowest BCUT2D eigenvalue weighted by Gasteiger charge is -2.33. The lowest BCUT2D eigenvalue weighted by Crippen LogP contribution is -2.35. The summed E-state index contributed by atoms with van der Waals surface area (Å²) in [6, 6.07) is 0.689. The van der Waals surface area contributed by atoms with Crippen molar-refractivity contribution in [3.8, 4) is 0 Å². The van der Waals surface area contributed by atoms with E-state index in [4.69, 9.17) is 5.73 Å². The van der Waals surface area contributed by atoms with Gasteiger partial charge in [-0.3, -0.25) is 5.01 Å². The smallest absolute Gasteiger partial charge is 0.0545 e. The normalized spacial score (nSPS) is 38.0. The van der Waals surface area contributed by atoms with Crippen molar-refractivity contribution >= 4 is 6.21 Å². The summed E-state index contributed by atoms with van der Waals surface area (Å²) >= 11 is 0. The van der Waals surface area contributed by atoms with Crippen molar-refractivity contribution in [1.82, 2.24) is 5.01 Å². The van der Waals surface area contributed by atoms with E-state index < -0.39 is 0 Å². The summed E-state index contributed by atoms with van der Waals surface area (Å²) in [6.07, 6.45) is 7.27. The number of nitrogens with zero attached hydrogens (tertiary/aromatic N) is 2. The Labute approximate surface area is 80.0 Å². The molecule has 0 amide bonds. The largest absolute Gasteiger partial charge is 0.330 e. The third-order valence-corrected chi connectivity index (χ3v) is 3.47. The topological polar surface area (TPSA) is 41.6 Å². The van der Waals surface area contributed by atoms with Crippen LogP contribution < -0.4 is 5.73 Å². The molecule has 3 unspecified atom stereocenters. The molecule has 3 nitrogen and oxygen atoms in total. The molecule has 3 heteroatoms. The fraction of sp³-hybridized carbons (Fsp3) is 0.900. The van der Waals surface area contributed by atoms with Crippen molar-refractivity contribution in [2.45, 2.75) is 31.7 Å². The first-order valence-electron chi connectivity index (χ1n) is 5.28. The van der Waals surface area contributed by atoms with Gasteiger partial charge >= 0.3 is 0 Å². The predicted molar refractivity (Wildman–Crippen MR) is 54.5 cm³/mol. The summed E-state index contributed by atoms with van der Waals surface area (Å²) in [7, 11) is 2.09. The summed E-state index contributed by atoms with van der Waals surface area (Å²) < 4.78 is 0. The van der Waals surface area contributed by atoms with Crippen molar-refractivity contribution < 1.29 is 0 Å². The van der Waals surface area contributed by atoms with Crippen molar-refractivity contribution in [3.05, 3.63) is 0 Å². The van der Waals surface area contributed by atoms with Crippen LogP contribution in [-0.4, -0.2) is 30.9 Å². The molecule has 1 fully saturated rings. The predicted octanol–water partition coefficient (Wildman–Crippen LogP) is 1.05. The van der Waals surface area contributed by atoms with E-state index in [1.807, 2.05) is 0 Å². The molecule has 2 rings (SSSR count). The van der Waals surface area contributed by atoms with Gasteiger partial charge in [-0.05, 0) is 38.1 Å². The standard InChI is InChI=1S/C10H19N3/c1-13-10-3-2-8(4-5-11)6-9(10)7-12-13/h7-10H,2-6,11H2,1H3. The van der Waals surface area contributed by atoms with E-state index in [0.717, 1.165) is 12.5 Å². The van der Waals surface area contributed by atoms with Gasteiger partial charge in [-0.15, -0.1) is 0 Å². The van der Waals surface area contributed by atoms with E-state index in [-0.39, 0.29) is 0 Å². The Morgan fingerprint density at radius 1 is 1.54 bits per heavy atom. The minimum Gasteiger partial charge on any atom is -0.330 e. The van der Waals surface area contributed by atoms with Crippen LogP contribution in [0.25, 0.3) is 0 Å². The lowest BCUT2D eigenvalue weighted by molar-refractivity contribution is 0.163. The minimum atomic E-state index is 0.689. The zero-order valence-corrected chi connectivity index (χ0v) is 8.32. The molecule has 0 aromatic carbocycles. The van der Waals surface area contributed by atoms with Gasteiger partial charge in [-0.1, -0.05) is 0 Å². The quantitative estimate of drug-likeness (QED) is 0.692.